The normalized spacial score (nSPS) is 12.9. The summed E-state index contributed by atoms with van der Waals surface area (Å²) in [7, 11) is 0. The molecule has 1 atom stereocenters. The Morgan fingerprint density at radius 3 is 2.44 bits per heavy atom. The van der Waals surface area contributed by atoms with Gasteiger partial charge in [0.2, 0.25) is 0 Å². The van der Waals surface area contributed by atoms with Gasteiger partial charge in [0.05, 0.1) is 0 Å². The van der Waals surface area contributed by atoms with Crippen molar-refractivity contribution in [3.63, 3.8) is 0 Å². The standard InChI is InChI=1S/C15H24O/c1-13(2)7-5-8-14(3)9-6-10-15(4)11-12-16/h7,9,11,15H,5-6,8,10H2,1-4H3. The van der Waals surface area contributed by atoms with Crippen LogP contribution in [0.25, 0.3) is 0 Å². The molecule has 0 aromatic rings. The number of carbonyl (C=O) groups excluding carboxylic acids is 1. The monoisotopic (exact) mass is 220 g/mol. The molecule has 0 saturated heterocycles. The van der Waals surface area contributed by atoms with Crippen molar-refractivity contribution in [3.8, 4) is 0 Å². The minimum atomic E-state index is 0.347. The van der Waals surface area contributed by atoms with Gasteiger partial charge in [0.1, 0.15) is 5.94 Å². The summed E-state index contributed by atoms with van der Waals surface area (Å²) in [6.45, 7) is 8.50. The molecule has 0 aliphatic rings. The van der Waals surface area contributed by atoms with Crippen molar-refractivity contribution in [3.05, 3.63) is 29.4 Å². The zero-order chi connectivity index (χ0) is 12.4. The Hall–Kier alpha value is -1.07. The molecule has 0 aliphatic carbocycles. The lowest BCUT2D eigenvalue weighted by Crippen LogP contribution is -1.88. The highest BCUT2D eigenvalue weighted by atomic mass is 16.1. The van der Waals surface area contributed by atoms with Crippen LogP contribution in [0.2, 0.25) is 0 Å². The largest absolute Gasteiger partial charge is 0.234 e. The molecule has 0 heterocycles. The van der Waals surface area contributed by atoms with Crippen LogP contribution in [0, 0.1) is 5.92 Å². The second-order valence-corrected chi connectivity index (χ2v) is 4.71. The van der Waals surface area contributed by atoms with Crippen LogP contribution in [-0.4, -0.2) is 5.94 Å². The lowest BCUT2D eigenvalue weighted by atomic mass is 10.0. The van der Waals surface area contributed by atoms with Gasteiger partial charge in [-0.3, -0.25) is 0 Å². The Morgan fingerprint density at radius 2 is 1.88 bits per heavy atom. The predicted molar refractivity (Wildman–Crippen MR) is 71.1 cm³/mol. The zero-order valence-corrected chi connectivity index (χ0v) is 11.0. The van der Waals surface area contributed by atoms with Gasteiger partial charge < -0.3 is 0 Å². The molecule has 1 nitrogen and oxygen atoms in total. The molecule has 16 heavy (non-hydrogen) atoms. The van der Waals surface area contributed by atoms with E-state index in [1.54, 1.807) is 6.08 Å². The van der Waals surface area contributed by atoms with Crippen molar-refractivity contribution >= 4 is 5.94 Å². The Morgan fingerprint density at radius 1 is 1.19 bits per heavy atom. The van der Waals surface area contributed by atoms with Crippen LogP contribution in [0.1, 0.15) is 53.4 Å². The van der Waals surface area contributed by atoms with Crippen LogP contribution < -0.4 is 0 Å². The number of rotatable bonds is 7. The van der Waals surface area contributed by atoms with Crippen LogP contribution in [0.3, 0.4) is 0 Å². The molecule has 0 aliphatic heterocycles. The summed E-state index contributed by atoms with van der Waals surface area (Å²) in [4.78, 5) is 10.1. The van der Waals surface area contributed by atoms with Crippen LogP contribution in [-0.2, 0) is 4.79 Å². The average molecular weight is 220 g/mol. The van der Waals surface area contributed by atoms with Crippen LogP contribution >= 0.6 is 0 Å². The molecule has 0 spiro atoms. The van der Waals surface area contributed by atoms with E-state index in [0.29, 0.717) is 5.92 Å². The van der Waals surface area contributed by atoms with E-state index in [4.69, 9.17) is 0 Å². The Kier molecular flexibility index (Phi) is 8.56. The molecule has 1 heteroatoms. The summed E-state index contributed by atoms with van der Waals surface area (Å²) in [6, 6.07) is 0. The third-order valence-corrected chi connectivity index (χ3v) is 2.56. The fourth-order valence-electron chi connectivity index (χ4n) is 1.48. The molecular weight excluding hydrogens is 196 g/mol. The Bertz CT molecular complexity index is 287. The molecule has 0 amide bonds. The molecule has 90 valence electrons. The van der Waals surface area contributed by atoms with E-state index in [9.17, 15) is 4.79 Å². The van der Waals surface area contributed by atoms with Gasteiger partial charge in [-0.25, -0.2) is 4.79 Å². The van der Waals surface area contributed by atoms with Crippen molar-refractivity contribution in [1.82, 2.24) is 0 Å². The maximum absolute atomic E-state index is 10.1. The molecule has 0 aromatic carbocycles. The van der Waals surface area contributed by atoms with Gasteiger partial charge in [0.15, 0.2) is 0 Å². The van der Waals surface area contributed by atoms with Gasteiger partial charge in [-0.2, -0.15) is 0 Å². The summed E-state index contributed by atoms with van der Waals surface area (Å²) in [5.74, 6) is 2.20. The van der Waals surface area contributed by atoms with E-state index in [0.717, 1.165) is 25.7 Å². The lowest BCUT2D eigenvalue weighted by molar-refractivity contribution is 0.563. The molecule has 0 aromatic heterocycles. The van der Waals surface area contributed by atoms with E-state index in [-0.39, 0.29) is 0 Å². The van der Waals surface area contributed by atoms with Gasteiger partial charge in [0.25, 0.3) is 0 Å². The molecule has 1 unspecified atom stereocenters. The van der Waals surface area contributed by atoms with E-state index in [2.05, 4.69) is 39.8 Å². The van der Waals surface area contributed by atoms with Gasteiger partial charge in [-0.05, 0) is 52.4 Å². The molecule has 0 saturated carbocycles. The number of hydrogen-bond acceptors (Lipinski definition) is 1. The highest BCUT2D eigenvalue weighted by Gasteiger charge is 1.96. The van der Waals surface area contributed by atoms with Gasteiger partial charge >= 0.3 is 0 Å². The van der Waals surface area contributed by atoms with Crippen molar-refractivity contribution < 1.29 is 4.79 Å². The molecule has 0 radical (unpaired) electrons. The van der Waals surface area contributed by atoms with Crippen molar-refractivity contribution in [2.24, 2.45) is 5.92 Å². The minimum Gasteiger partial charge on any atom is -0.234 e. The second-order valence-electron chi connectivity index (χ2n) is 4.71. The molecule has 0 N–H and O–H groups in total. The van der Waals surface area contributed by atoms with E-state index in [1.165, 1.54) is 11.1 Å². The first-order valence-corrected chi connectivity index (χ1v) is 6.06. The van der Waals surface area contributed by atoms with E-state index < -0.39 is 0 Å². The topological polar surface area (TPSA) is 17.1 Å². The highest BCUT2D eigenvalue weighted by Crippen LogP contribution is 2.11. The molecular formula is C15H24O. The van der Waals surface area contributed by atoms with Crippen LogP contribution in [0.5, 0.6) is 0 Å². The van der Waals surface area contributed by atoms with Crippen LogP contribution in [0.15, 0.2) is 29.4 Å². The molecule has 0 fully saturated rings. The van der Waals surface area contributed by atoms with Crippen LogP contribution in [0.4, 0.5) is 0 Å². The average Bonchev–Trinajstić information content (AvgIpc) is 2.17. The first kappa shape index (κ1) is 14.9. The molecule has 0 bridgehead atoms. The summed E-state index contributed by atoms with van der Waals surface area (Å²) in [6.07, 6.45) is 10.5. The van der Waals surface area contributed by atoms with E-state index in [1.807, 2.05) is 5.94 Å². The predicted octanol–water partition coefficient (Wildman–Crippen LogP) is 4.48. The second kappa shape index (κ2) is 9.18. The SMILES string of the molecule is CC(C)=CCCC(C)=CCCC(C)C=C=O. The number of hydrogen-bond donors (Lipinski definition) is 0. The third kappa shape index (κ3) is 9.48. The van der Waals surface area contributed by atoms with E-state index >= 15 is 0 Å². The Labute approximate surface area is 99.9 Å². The summed E-state index contributed by atoms with van der Waals surface area (Å²) < 4.78 is 0. The first-order valence-electron chi connectivity index (χ1n) is 6.06. The number of allylic oxidation sites excluding steroid dienone is 5. The quantitative estimate of drug-likeness (QED) is 0.456. The summed E-state index contributed by atoms with van der Waals surface area (Å²) in [5, 5.41) is 0. The molecule has 0 rings (SSSR count). The van der Waals surface area contributed by atoms with Gasteiger partial charge in [0, 0.05) is 6.08 Å². The van der Waals surface area contributed by atoms with Crippen molar-refractivity contribution in [2.75, 3.05) is 0 Å². The van der Waals surface area contributed by atoms with Gasteiger partial charge in [-0.15, -0.1) is 0 Å². The minimum absolute atomic E-state index is 0.347. The smallest absolute Gasteiger partial charge is 0.120 e. The maximum atomic E-state index is 10.1. The highest BCUT2D eigenvalue weighted by molar-refractivity contribution is 5.45. The maximum Gasteiger partial charge on any atom is 0.120 e. The third-order valence-electron chi connectivity index (χ3n) is 2.56. The zero-order valence-electron chi connectivity index (χ0n) is 11.0. The first-order chi connectivity index (χ1) is 7.56. The lowest BCUT2D eigenvalue weighted by Gasteiger charge is -2.02. The fraction of sp³-hybridized carbons (Fsp3) is 0.600. The van der Waals surface area contributed by atoms with Gasteiger partial charge in [-0.1, -0.05) is 30.2 Å². The fourth-order valence-corrected chi connectivity index (χ4v) is 1.48. The summed E-state index contributed by atoms with van der Waals surface area (Å²) in [5.41, 5.74) is 2.83. The van der Waals surface area contributed by atoms with Crippen molar-refractivity contribution in [1.29, 1.82) is 0 Å². The summed E-state index contributed by atoms with van der Waals surface area (Å²) >= 11 is 0. The van der Waals surface area contributed by atoms with Crippen molar-refractivity contribution in [2.45, 2.75) is 53.4 Å². The Balaban J connectivity index is 3.78.